The quantitative estimate of drug-likeness (QED) is 0.192. The normalized spacial score (nSPS) is 14.6. The van der Waals surface area contributed by atoms with Crippen molar-refractivity contribution in [2.75, 3.05) is 5.75 Å². The number of nitrogens with one attached hydrogen (secondary N) is 1. The van der Waals surface area contributed by atoms with E-state index in [0.717, 1.165) is 37.1 Å². The van der Waals surface area contributed by atoms with Crippen molar-refractivity contribution in [2.24, 2.45) is 5.10 Å². The molecule has 33 heavy (non-hydrogen) atoms. The lowest BCUT2D eigenvalue weighted by molar-refractivity contribution is -0.118. The summed E-state index contributed by atoms with van der Waals surface area (Å²) >= 11 is 7.37. The van der Waals surface area contributed by atoms with Crippen LogP contribution in [-0.2, 0) is 4.79 Å². The molecule has 1 fully saturated rings. The zero-order valence-electron chi connectivity index (χ0n) is 17.8. The van der Waals surface area contributed by atoms with Crippen molar-refractivity contribution >= 4 is 35.5 Å². The molecule has 1 aliphatic carbocycles. The maximum atomic E-state index is 12.3. The van der Waals surface area contributed by atoms with Gasteiger partial charge in [0.2, 0.25) is 0 Å². The van der Waals surface area contributed by atoms with E-state index in [-0.39, 0.29) is 23.2 Å². The number of aromatic hydroxyl groups is 2. The lowest BCUT2D eigenvalue weighted by atomic mass is 9.95. The zero-order chi connectivity index (χ0) is 23.2. The fourth-order valence-electron chi connectivity index (χ4n) is 3.80. The molecule has 0 bridgehead atoms. The van der Waals surface area contributed by atoms with Crippen LogP contribution in [0.2, 0.25) is 5.02 Å². The zero-order valence-corrected chi connectivity index (χ0v) is 19.4. The number of halogens is 1. The van der Waals surface area contributed by atoms with Crippen LogP contribution in [0.4, 0.5) is 0 Å². The highest BCUT2D eigenvalue weighted by molar-refractivity contribution is 7.99. The number of carbonyl (C=O) groups is 1. The highest BCUT2D eigenvalue weighted by Gasteiger charge is 2.24. The molecule has 3 N–H and O–H groups in total. The number of hydrogen-bond donors (Lipinski definition) is 3. The van der Waals surface area contributed by atoms with Gasteiger partial charge in [0.1, 0.15) is 0 Å². The van der Waals surface area contributed by atoms with Crippen LogP contribution in [0.15, 0.2) is 52.7 Å². The number of hydrazone groups is 1. The monoisotopic (exact) mass is 485 g/mol. The Hall–Kier alpha value is -3.04. The lowest BCUT2D eigenvalue weighted by Gasteiger charge is -2.25. The SMILES string of the molecule is O=C(CSc1nnc(-c2ccc(Cl)cc2)n1C1CCCCC1)NN=Cc1ccc(O)c(O)c1. The molecule has 2 aromatic carbocycles. The van der Waals surface area contributed by atoms with Gasteiger partial charge in [-0.05, 0) is 60.9 Å². The van der Waals surface area contributed by atoms with Crippen molar-refractivity contribution in [3.05, 3.63) is 53.1 Å². The summed E-state index contributed by atoms with van der Waals surface area (Å²) < 4.78 is 2.16. The third-order valence-electron chi connectivity index (χ3n) is 5.44. The van der Waals surface area contributed by atoms with E-state index in [2.05, 4.69) is 25.3 Å². The maximum Gasteiger partial charge on any atom is 0.250 e. The van der Waals surface area contributed by atoms with Crippen molar-refractivity contribution in [3.63, 3.8) is 0 Å². The van der Waals surface area contributed by atoms with E-state index in [1.54, 1.807) is 6.07 Å². The van der Waals surface area contributed by atoms with E-state index in [4.69, 9.17) is 11.6 Å². The van der Waals surface area contributed by atoms with E-state index in [0.29, 0.717) is 21.8 Å². The van der Waals surface area contributed by atoms with Crippen molar-refractivity contribution < 1.29 is 15.0 Å². The molecule has 1 aromatic heterocycles. The summed E-state index contributed by atoms with van der Waals surface area (Å²) in [7, 11) is 0. The number of phenolic OH excluding ortho intramolecular Hbond substituents is 2. The second-order valence-electron chi connectivity index (χ2n) is 7.80. The average molecular weight is 486 g/mol. The molecule has 0 atom stereocenters. The van der Waals surface area contributed by atoms with Crippen LogP contribution < -0.4 is 5.43 Å². The van der Waals surface area contributed by atoms with E-state index >= 15 is 0 Å². The highest BCUT2D eigenvalue weighted by Crippen LogP contribution is 2.35. The van der Waals surface area contributed by atoms with Gasteiger partial charge in [-0.15, -0.1) is 10.2 Å². The molecular formula is C23H24ClN5O3S. The molecular weight excluding hydrogens is 462 g/mol. The summed E-state index contributed by atoms with van der Waals surface area (Å²) in [4.78, 5) is 12.3. The number of amides is 1. The summed E-state index contributed by atoms with van der Waals surface area (Å²) in [5.41, 5.74) is 3.96. The summed E-state index contributed by atoms with van der Waals surface area (Å²) in [5.74, 6) is 0.160. The molecule has 1 amide bonds. The van der Waals surface area contributed by atoms with Crippen molar-refractivity contribution in [2.45, 2.75) is 43.3 Å². The smallest absolute Gasteiger partial charge is 0.250 e. The first-order valence-electron chi connectivity index (χ1n) is 10.7. The van der Waals surface area contributed by atoms with E-state index in [1.165, 1.54) is 36.5 Å². The van der Waals surface area contributed by atoms with Gasteiger partial charge in [0.05, 0.1) is 12.0 Å². The Morgan fingerprint density at radius 2 is 1.88 bits per heavy atom. The fraction of sp³-hybridized carbons (Fsp3) is 0.304. The van der Waals surface area contributed by atoms with Gasteiger partial charge in [-0.25, -0.2) is 5.43 Å². The number of thioether (sulfide) groups is 1. The minimum absolute atomic E-state index is 0.129. The van der Waals surface area contributed by atoms with Gasteiger partial charge in [-0.1, -0.05) is 42.6 Å². The molecule has 4 rings (SSSR count). The first-order chi connectivity index (χ1) is 16.0. The Kier molecular flexibility index (Phi) is 7.51. The number of benzene rings is 2. The summed E-state index contributed by atoms with van der Waals surface area (Å²) in [6, 6.07) is 12.1. The lowest BCUT2D eigenvalue weighted by Crippen LogP contribution is -2.20. The molecule has 3 aromatic rings. The topological polar surface area (TPSA) is 113 Å². The van der Waals surface area contributed by atoms with Gasteiger partial charge in [0, 0.05) is 16.6 Å². The second kappa shape index (κ2) is 10.7. The second-order valence-corrected chi connectivity index (χ2v) is 9.18. The molecule has 0 aliphatic heterocycles. The average Bonchev–Trinajstić information content (AvgIpc) is 3.25. The number of hydrogen-bond acceptors (Lipinski definition) is 7. The van der Waals surface area contributed by atoms with Crippen LogP contribution in [0.25, 0.3) is 11.4 Å². The minimum Gasteiger partial charge on any atom is -0.504 e. The van der Waals surface area contributed by atoms with E-state index in [9.17, 15) is 15.0 Å². The van der Waals surface area contributed by atoms with Crippen LogP contribution >= 0.6 is 23.4 Å². The molecule has 8 nitrogen and oxygen atoms in total. The third kappa shape index (κ3) is 5.85. The Balaban J connectivity index is 1.44. The van der Waals surface area contributed by atoms with Gasteiger partial charge in [-0.3, -0.25) is 9.36 Å². The highest BCUT2D eigenvalue weighted by atomic mass is 35.5. The maximum absolute atomic E-state index is 12.3. The molecule has 0 spiro atoms. The summed E-state index contributed by atoms with van der Waals surface area (Å²) in [5, 5.41) is 33.0. The van der Waals surface area contributed by atoms with E-state index < -0.39 is 0 Å². The van der Waals surface area contributed by atoms with Crippen LogP contribution in [0.1, 0.15) is 43.7 Å². The first-order valence-corrected chi connectivity index (χ1v) is 12.0. The standard InChI is InChI=1S/C23H24ClN5O3S/c24-17-9-7-16(8-10-17)22-27-28-23(29(22)18-4-2-1-3-5-18)33-14-21(32)26-25-13-15-6-11-19(30)20(31)12-15/h6-13,18,30-31H,1-5,14H2,(H,26,32). The van der Waals surface area contributed by atoms with Gasteiger partial charge < -0.3 is 10.2 Å². The minimum atomic E-state index is -0.287. The third-order valence-corrected chi connectivity index (χ3v) is 6.64. The Bertz CT molecular complexity index is 1140. The number of phenols is 2. The van der Waals surface area contributed by atoms with Gasteiger partial charge in [0.25, 0.3) is 5.91 Å². The molecule has 10 heteroatoms. The van der Waals surface area contributed by atoms with Crippen LogP contribution in [0.5, 0.6) is 11.5 Å². The Morgan fingerprint density at radius 3 is 2.61 bits per heavy atom. The summed E-state index contributed by atoms with van der Waals surface area (Å²) in [6.45, 7) is 0. The van der Waals surface area contributed by atoms with Gasteiger partial charge >= 0.3 is 0 Å². The molecule has 0 radical (unpaired) electrons. The molecule has 172 valence electrons. The molecule has 1 aliphatic rings. The summed E-state index contributed by atoms with van der Waals surface area (Å²) in [6.07, 6.45) is 7.07. The Labute approximate surface area is 200 Å². The number of rotatable bonds is 7. The van der Waals surface area contributed by atoms with Crippen molar-refractivity contribution in [1.82, 2.24) is 20.2 Å². The molecule has 1 heterocycles. The van der Waals surface area contributed by atoms with Crippen LogP contribution in [0.3, 0.4) is 0 Å². The number of nitrogens with zero attached hydrogens (tertiary/aromatic N) is 4. The van der Waals surface area contributed by atoms with E-state index in [1.807, 2.05) is 24.3 Å². The molecule has 0 saturated heterocycles. The fourth-order valence-corrected chi connectivity index (χ4v) is 4.73. The van der Waals surface area contributed by atoms with Gasteiger partial charge in [-0.2, -0.15) is 5.10 Å². The first kappa shape index (κ1) is 23.1. The van der Waals surface area contributed by atoms with Gasteiger partial charge in [0.15, 0.2) is 22.5 Å². The van der Waals surface area contributed by atoms with Crippen molar-refractivity contribution in [1.29, 1.82) is 0 Å². The predicted octanol–water partition coefficient (Wildman–Crippen LogP) is 4.76. The Morgan fingerprint density at radius 1 is 1.12 bits per heavy atom. The number of aromatic nitrogens is 3. The predicted molar refractivity (Wildman–Crippen MR) is 129 cm³/mol. The molecule has 1 saturated carbocycles. The van der Waals surface area contributed by atoms with Crippen LogP contribution in [-0.4, -0.2) is 42.9 Å². The molecule has 0 unspecified atom stereocenters. The largest absolute Gasteiger partial charge is 0.504 e. The van der Waals surface area contributed by atoms with Crippen molar-refractivity contribution in [3.8, 4) is 22.9 Å². The number of carbonyl (C=O) groups excluding carboxylic acids is 1. The van der Waals surface area contributed by atoms with Crippen LogP contribution in [0, 0.1) is 0 Å².